The third kappa shape index (κ3) is 4.67. The van der Waals surface area contributed by atoms with Gasteiger partial charge in [0.2, 0.25) is 0 Å². The van der Waals surface area contributed by atoms with Crippen LogP contribution in [0.4, 0.5) is 0 Å². The molecule has 10 nitrogen and oxygen atoms in total. The number of hydrogen-bond donors (Lipinski definition) is 2. The van der Waals surface area contributed by atoms with E-state index in [1.165, 1.54) is 0 Å². The number of pyridine rings is 1. The number of hydrazone groups is 1. The van der Waals surface area contributed by atoms with E-state index in [2.05, 4.69) is 32.4 Å². The van der Waals surface area contributed by atoms with Gasteiger partial charge in [0.1, 0.15) is 5.84 Å². The van der Waals surface area contributed by atoms with Gasteiger partial charge in [0, 0.05) is 36.4 Å². The maximum absolute atomic E-state index is 14.2. The van der Waals surface area contributed by atoms with Crippen LogP contribution >= 0.6 is 0 Å². The summed E-state index contributed by atoms with van der Waals surface area (Å²) in [5.74, 6) is 6.10. The summed E-state index contributed by atoms with van der Waals surface area (Å²) in [6.45, 7) is 3.76. The molecule has 2 aliphatic rings. The van der Waals surface area contributed by atoms with Gasteiger partial charge in [-0.25, -0.2) is 10.0 Å². The lowest BCUT2D eigenvalue weighted by Gasteiger charge is -2.29. The van der Waals surface area contributed by atoms with Gasteiger partial charge in [-0.15, -0.1) is 0 Å². The highest BCUT2D eigenvalue weighted by Gasteiger charge is 2.41. The van der Waals surface area contributed by atoms with E-state index in [0.717, 1.165) is 16.5 Å². The number of amides is 1. The maximum Gasteiger partial charge on any atom is 0.264 e. The average molecular weight is 545 g/mol. The normalized spacial score (nSPS) is 18.3. The van der Waals surface area contributed by atoms with Crippen LogP contribution in [0.1, 0.15) is 36.7 Å². The Labute approximate surface area is 236 Å². The number of nitrogens with one attached hydrogen (secondary N) is 1. The Hall–Kier alpha value is -5.43. The molecule has 0 radical (unpaired) electrons. The summed E-state index contributed by atoms with van der Waals surface area (Å²) in [4.78, 5) is 32.2. The molecule has 10 heteroatoms. The van der Waals surface area contributed by atoms with Crippen LogP contribution < -0.4 is 16.6 Å². The van der Waals surface area contributed by atoms with Crippen LogP contribution in [-0.2, 0) is 11.8 Å². The molecule has 1 amide bonds. The van der Waals surface area contributed by atoms with Gasteiger partial charge in [0.15, 0.2) is 12.2 Å². The topological polar surface area (TPSA) is 123 Å². The predicted molar refractivity (Wildman–Crippen MR) is 159 cm³/mol. The largest absolute Gasteiger partial charge is 0.385 e. The molecule has 0 saturated heterocycles. The molecule has 0 spiro atoms. The first-order chi connectivity index (χ1) is 19.8. The SMILES string of the molecule is CC1=CC=NN2C1N=C(N)C2C(=O)NC(C)c1cc2cccc(C#Cc3cnn(C)c3)c2c(=O)n1-c1ccccc1. The predicted octanol–water partition coefficient (Wildman–Crippen LogP) is 2.61. The smallest absolute Gasteiger partial charge is 0.264 e. The molecular formula is C31H28N8O2. The van der Waals surface area contributed by atoms with Crippen molar-refractivity contribution < 1.29 is 4.79 Å². The van der Waals surface area contributed by atoms with Crippen molar-refractivity contribution >= 4 is 28.7 Å². The number of carbonyl (C=O) groups excluding carboxylic acids is 1. The lowest BCUT2D eigenvalue weighted by atomic mass is 10.0. The first kappa shape index (κ1) is 25.8. The number of amidine groups is 1. The van der Waals surface area contributed by atoms with E-state index in [0.29, 0.717) is 22.3 Å². The number of carbonyl (C=O) groups is 1. The zero-order valence-corrected chi connectivity index (χ0v) is 22.8. The van der Waals surface area contributed by atoms with Crippen LogP contribution in [0.3, 0.4) is 0 Å². The summed E-state index contributed by atoms with van der Waals surface area (Å²) in [6, 6.07) is 15.4. The Morgan fingerprint density at radius 3 is 2.68 bits per heavy atom. The van der Waals surface area contributed by atoms with Crippen molar-refractivity contribution in [2.75, 3.05) is 0 Å². The van der Waals surface area contributed by atoms with Crippen LogP contribution in [0, 0.1) is 11.8 Å². The molecule has 204 valence electrons. The molecular weight excluding hydrogens is 516 g/mol. The molecule has 2 aromatic heterocycles. The second-order valence-corrected chi connectivity index (χ2v) is 10.1. The summed E-state index contributed by atoms with van der Waals surface area (Å²) in [5.41, 5.74) is 9.56. The standard InChI is InChI=1S/C31H28N8O2/c1-19-14-15-33-39-27(28(32)36-29(19)39)30(40)35-20(2)25-16-23-9-7-8-22(13-12-21-17-34-37(3)18-21)26(23)31(41)38(25)24-10-5-4-6-11-24/h4-11,14-18,20,27,29H,1-3H3,(H2,32,36)(H,35,40). The highest BCUT2D eigenvalue weighted by molar-refractivity contribution is 6.08. The lowest BCUT2D eigenvalue weighted by Crippen LogP contribution is -2.51. The van der Waals surface area contributed by atoms with Crippen molar-refractivity contribution in [3.05, 3.63) is 106 Å². The second kappa shape index (κ2) is 10.3. The highest BCUT2D eigenvalue weighted by Crippen LogP contribution is 2.27. The van der Waals surface area contributed by atoms with Crippen LogP contribution in [-0.4, -0.2) is 49.5 Å². The van der Waals surface area contributed by atoms with Gasteiger partial charge in [0.05, 0.1) is 23.2 Å². The number of nitrogens with zero attached hydrogens (tertiary/aromatic N) is 6. The van der Waals surface area contributed by atoms with Crippen molar-refractivity contribution in [3.63, 3.8) is 0 Å². The molecule has 4 heterocycles. The van der Waals surface area contributed by atoms with Crippen molar-refractivity contribution in [3.8, 4) is 17.5 Å². The van der Waals surface area contributed by atoms with E-state index in [4.69, 9.17) is 5.73 Å². The van der Waals surface area contributed by atoms with Gasteiger partial charge in [-0.2, -0.15) is 10.2 Å². The minimum absolute atomic E-state index is 0.197. The number of rotatable bonds is 4. The fourth-order valence-electron chi connectivity index (χ4n) is 5.20. The van der Waals surface area contributed by atoms with Crippen LogP contribution in [0.15, 0.2) is 93.5 Å². The Bertz CT molecular complexity index is 1890. The Kier molecular flexibility index (Phi) is 6.47. The number of benzene rings is 2. The summed E-state index contributed by atoms with van der Waals surface area (Å²) < 4.78 is 3.31. The Balaban J connectivity index is 1.42. The quantitative estimate of drug-likeness (QED) is 0.383. The lowest BCUT2D eigenvalue weighted by molar-refractivity contribution is -0.124. The Morgan fingerprint density at radius 2 is 1.93 bits per heavy atom. The summed E-state index contributed by atoms with van der Waals surface area (Å²) in [7, 11) is 1.83. The highest BCUT2D eigenvalue weighted by atomic mass is 16.2. The second-order valence-electron chi connectivity index (χ2n) is 10.1. The molecule has 0 fully saturated rings. The van der Waals surface area contributed by atoms with Crippen molar-refractivity contribution in [2.24, 2.45) is 22.9 Å². The minimum atomic E-state index is -0.853. The molecule has 2 aromatic carbocycles. The summed E-state index contributed by atoms with van der Waals surface area (Å²) in [6.07, 6.45) is 6.58. The van der Waals surface area contributed by atoms with E-state index < -0.39 is 18.2 Å². The van der Waals surface area contributed by atoms with Crippen molar-refractivity contribution in [1.29, 1.82) is 0 Å². The molecule has 6 rings (SSSR count). The number of nitrogens with two attached hydrogens (primary N) is 1. The Morgan fingerprint density at radius 1 is 1.12 bits per heavy atom. The van der Waals surface area contributed by atoms with E-state index in [1.807, 2.05) is 87.8 Å². The molecule has 3 unspecified atom stereocenters. The number of para-hydroxylation sites is 1. The van der Waals surface area contributed by atoms with Gasteiger partial charge in [0.25, 0.3) is 11.5 Å². The maximum atomic E-state index is 14.2. The molecule has 3 atom stereocenters. The number of hydrogen-bond acceptors (Lipinski definition) is 7. The molecule has 3 N–H and O–H groups in total. The molecule has 0 bridgehead atoms. The fraction of sp³-hybridized carbons (Fsp3) is 0.194. The first-order valence-corrected chi connectivity index (χ1v) is 13.2. The summed E-state index contributed by atoms with van der Waals surface area (Å²) >= 11 is 0. The first-order valence-electron chi connectivity index (χ1n) is 13.2. The monoisotopic (exact) mass is 544 g/mol. The molecule has 4 aromatic rings. The van der Waals surface area contributed by atoms with Gasteiger partial charge >= 0.3 is 0 Å². The molecule has 2 aliphatic heterocycles. The average Bonchev–Trinajstić information content (AvgIpc) is 3.54. The van der Waals surface area contributed by atoms with Gasteiger partial charge < -0.3 is 11.1 Å². The zero-order chi connectivity index (χ0) is 28.7. The summed E-state index contributed by atoms with van der Waals surface area (Å²) in [5, 5.41) is 14.4. The van der Waals surface area contributed by atoms with Gasteiger partial charge in [-0.1, -0.05) is 42.2 Å². The number of aliphatic imine (C=N–C) groups is 1. The number of aryl methyl sites for hydroxylation is 1. The third-order valence-corrected chi connectivity index (χ3v) is 7.20. The third-order valence-electron chi connectivity index (χ3n) is 7.20. The number of allylic oxidation sites excluding steroid dienone is 1. The zero-order valence-electron chi connectivity index (χ0n) is 22.8. The fourth-order valence-corrected chi connectivity index (χ4v) is 5.20. The molecule has 41 heavy (non-hydrogen) atoms. The van der Waals surface area contributed by atoms with E-state index in [1.54, 1.807) is 26.7 Å². The van der Waals surface area contributed by atoms with E-state index in [-0.39, 0.29) is 17.3 Å². The van der Waals surface area contributed by atoms with Crippen LogP contribution in [0.2, 0.25) is 0 Å². The van der Waals surface area contributed by atoms with Crippen LogP contribution in [0.25, 0.3) is 16.5 Å². The van der Waals surface area contributed by atoms with Crippen molar-refractivity contribution in [1.82, 2.24) is 24.7 Å². The number of aromatic nitrogens is 3. The minimum Gasteiger partial charge on any atom is -0.385 e. The van der Waals surface area contributed by atoms with E-state index >= 15 is 0 Å². The van der Waals surface area contributed by atoms with Gasteiger partial charge in [-0.05, 0) is 55.1 Å². The molecule has 0 aliphatic carbocycles. The molecule has 0 saturated carbocycles. The van der Waals surface area contributed by atoms with Crippen LogP contribution in [0.5, 0.6) is 0 Å². The number of fused-ring (bicyclic) bond motifs is 2. The van der Waals surface area contributed by atoms with Gasteiger partial charge in [-0.3, -0.25) is 18.8 Å². The van der Waals surface area contributed by atoms with E-state index in [9.17, 15) is 9.59 Å². The van der Waals surface area contributed by atoms with Crippen molar-refractivity contribution in [2.45, 2.75) is 32.1 Å².